The van der Waals surface area contributed by atoms with Crippen LogP contribution in [0.5, 0.6) is 5.75 Å². The molecule has 168 valence electrons. The number of anilines is 1. The molecule has 0 spiro atoms. The zero-order valence-electron chi connectivity index (χ0n) is 19.0. The second-order valence-electron chi connectivity index (χ2n) is 9.50. The summed E-state index contributed by atoms with van der Waals surface area (Å²) >= 11 is 2.20. The average molecular weight is 537 g/mol. The third-order valence-electron chi connectivity index (χ3n) is 5.79. The van der Waals surface area contributed by atoms with E-state index in [1.165, 1.54) is 0 Å². The minimum absolute atomic E-state index is 0.0470. The summed E-state index contributed by atoms with van der Waals surface area (Å²) in [7, 11) is 0. The SMILES string of the molecule is Cc1ncc(-c2ccc(OCC(C)C)c(I)n2)c(N2CCC(C)(C)CC2)c1CC(=O)O. The Kier molecular flexibility index (Phi) is 7.44. The number of nitrogens with zero attached hydrogens (tertiary/aromatic N) is 3. The maximum Gasteiger partial charge on any atom is 0.307 e. The first-order valence-corrected chi connectivity index (χ1v) is 11.9. The van der Waals surface area contributed by atoms with Gasteiger partial charge in [-0.15, -0.1) is 0 Å². The van der Waals surface area contributed by atoms with Crippen LogP contribution in [0.1, 0.15) is 51.8 Å². The minimum atomic E-state index is -0.847. The van der Waals surface area contributed by atoms with E-state index in [2.05, 4.69) is 60.2 Å². The standard InChI is InChI=1S/C24H32IN3O3/c1-15(2)14-31-20-7-6-19(27-23(20)25)18-13-26-16(3)17(12-21(29)30)22(18)28-10-8-24(4,5)9-11-28/h6-7,13,15H,8-12,14H2,1-5H3,(H,29,30). The topological polar surface area (TPSA) is 75.6 Å². The number of rotatable bonds is 7. The summed E-state index contributed by atoms with van der Waals surface area (Å²) in [4.78, 5) is 23.3. The molecular weight excluding hydrogens is 505 g/mol. The first kappa shape index (κ1) is 23.8. The third kappa shape index (κ3) is 5.87. The van der Waals surface area contributed by atoms with E-state index in [0.717, 1.165) is 63.6 Å². The molecule has 2 aromatic heterocycles. The predicted octanol–water partition coefficient (Wildman–Crippen LogP) is 5.34. The average Bonchev–Trinajstić information content (AvgIpc) is 2.68. The largest absolute Gasteiger partial charge is 0.491 e. The zero-order chi connectivity index (χ0) is 22.8. The van der Waals surface area contributed by atoms with Gasteiger partial charge >= 0.3 is 5.97 Å². The van der Waals surface area contributed by atoms with E-state index in [9.17, 15) is 9.90 Å². The van der Waals surface area contributed by atoms with Crippen LogP contribution < -0.4 is 9.64 Å². The van der Waals surface area contributed by atoms with Crippen molar-refractivity contribution >= 4 is 34.2 Å². The number of hydrogen-bond donors (Lipinski definition) is 1. The van der Waals surface area contributed by atoms with Gasteiger partial charge in [-0.25, -0.2) is 4.98 Å². The lowest BCUT2D eigenvalue weighted by Gasteiger charge is -2.40. The molecule has 0 bridgehead atoms. The molecule has 1 saturated heterocycles. The van der Waals surface area contributed by atoms with Crippen molar-refractivity contribution in [3.05, 3.63) is 33.3 Å². The van der Waals surface area contributed by atoms with Crippen molar-refractivity contribution < 1.29 is 14.6 Å². The number of carbonyl (C=O) groups is 1. The first-order valence-electron chi connectivity index (χ1n) is 10.8. The van der Waals surface area contributed by atoms with Gasteiger partial charge in [0.1, 0.15) is 3.70 Å². The molecule has 1 fully saturated rings. The molecule has 0 amide bonds. The van der Waals surface area contributed by atoms with Gasteiger partial charge in [0.2, 0.25) is 0 Å². The molecule has 1 aliphatic rings. The smallest absolute Gasteiger partial charge is 0.307 e. The van der Waals surface area contributed by atoms with Crippen LogP contribution in [-0.4, -0.2) is 40.7 Å². The lowest BCUT2D eigenvalue weighted by molar-refractivity contribution is -0.136. The predicted molar refractivity (Wildman–Crippen MR) is 132 cm³/mol. The lowest BCUT2D eigenvalue weighted by Crippen LogP contribution is -2.38. The maximum absolute atomic E-state index is 11.7. The molecule has 31 heavy (non-hydrogen) atoms. The van der Waals surface area contributed by atoms with E-state index < -0.39 is 5.97 Å². The summed E-state index contributed by atoms with van der Waals surface area (Å²) in [6, 6.07) is 3.90. The highest BCUT2D eigenvalue weighted by atomic mass is 127. The molecule has 7 heteroatoms. The number of aliphatic carboxylic acids is 1. The Morgan fingerprint density at radius 1 is 1.29 bits per heavy atom. The highest BCUT2D eigenvalue weighted by Gasteiger charge is 2.29. The number of pyridine rings is 2. The van der Waals surface area contributed by atoms with Crippen LogP contribution in [0, 0.1) is 22.0 Å². The highest BCUT2D eigenvalue weighted by molar-refractivity contribution is 14.1. The van der Waals surface area contributed by atoms with Crippen LogP contribution >= 0.6 is 22.6 Å². The quantitative estimate of drug-likeness (QED) is 0.380. The zero-order valence-corrected chi connectivity index (χ0v) is 21.2. The van der Waals surface area contributed by atoms with Gasteiger partial charge in [-0.05, 0) is 65.8 Å². The van der Waals surface area contributed by atoms with Gasteiger partial charge in [0.05, 0.1) is 24.4 Å². The number of aryl methyl sites for hydroxylation is 1. The maximum atomic E-state index is 11.7. The molecule has 0 aliphatic carbocycles. The van der Waals surface area contributed by atoms with Crippen LogP contribution in [-0.2, 0) is 11.2 Å². The van der Waals surface area contributed by atoms with E-state index in [4.69, 9.17) is 9.72 Å². The van der Waals surface area contributed by atoms with E-state index in [-0.39, 0.29) is 6.42 Å². The van der Waals surface area contributed by atoms with Crippen molar-refractivity contribution in [1.29, 1.82) is 0 Å². The van der Waals surface area contributed by atoms with E-state index in [1.54, 1.807) is 0 Å². The second-order valence-corrected chi connectivity index (χ2v) is 10.5. The van der Waals surface area contributed by atoms with Crippen molar-refractivity contribution in [3.63, 3.8) is 0 Å². The molecular formula is C24H32IN3O3. The first-order chi connectivity index (χ1) is 14.6. The number of aromatic nitrogens is 2. The molecule has 0 radical (unpaired) electrons. The van der Waals surface area contributed by atoms with Crippen LogP contribution in [0.15, 0.2) is 18.3 Å². The van der Waals surface area contributed by atoms with Crippen molar-refractivity contribution in [1.82, 2.24) is 9.97 Å². The summed E-state index contributed by atoms with van der Waals surface area (Å²) in [5, 5.41) is 9.56. The van der Waals surface area contributed by atoms with Crippen LogP contribution in [0.25, 0.3) is 11.3 Å². The second kappa shape index (κ2) is 9.71. The highest BCUT2D eigenvalue weighted by Crippen LogP contribution is 2.40. The molecule has 0 aromatic carbocycles. The number of halogens is 1. The number of ether oxygens (including phenoxy) is 1. The summed E-state index contributed by atoms with van der Waals surface area (Å²) < 4.78 is 6.67. The lowest BCUT2D eigenvalue weighted by atomic mass is 9.82. The third-order valence-corrected chi connectivity index (χ3v) is 6.56. The fourth-order valence-electron chi connectivity index (χ4n) is 3.82. The summed E-state index contributed by atoms with van der Waals surface area (Å²) in [6.07, 6.45) is 3.91. The van der Waals surface area contributed by atoms with Crippen molar-refractivity contribution in [2.75, 3.05) is 24.6 Å². The van der Waals surface area contributed by atoms with Gasteiger partial charge in [0.15, 0.2) is 5.75 Å². The van der Waals surface area contributed by atoms with E-state index >= 15 is 0 Å². The van der Waals surface area contributed by atoms with Crippen molar-refractivity contribution in [2.45, 2.75) is 53.9 Å². The van der Waals surface area contributed by atoms with Gasteiger partial charge in [0, 0.05) is 36.1 Å². The normalized spacial score (nSPS) is 15.9. The minimum Gasteiger partial charge on any atom is -0.491 e. The summed E-state index contributed by atoms with van der Waals surface area (Å²) in [5.41, 5.74) is 4.48. The Morgan fingerprint density at radius 2 is 1.97 bits per heavy atom. The molecule has 3 rings (SSSR count). The number of carboxylic acid groups (broad SMARTS) is 1. The van der Waals surface area contributed by atoms with Crippen molar-refractivity contribution in [3.8, 4) is 17.0 Å². The molecule has 0 unspecified atom stereocenters. The van der Waals surface area contributed by atoms with Crippen LogP contribution in [0.4, 0.5) is 5.69 Å². The summed E-state index contributed by atoms with van der Waals surface area (Å²) in [5.74, 6) is 0.357. The molecule has 6 nitrogen and oxygen atoms in total. The number of hydrogen-bond acceptors (Lipinski definition) is 5. The molecule has 2 aromatic rings. The number of carboxylic acids is 1. The van der Waals surface area contributed by atoms with Gasteiger partial charge in [-0.1, -0.05) is 27.7 Å². The van der Waals surface area contributed by atoms with Gasteiger partial charge < -0.3 is 14.7 Å². The van der Waals surface area contributed by atoms with Crippen molar-refractivity contribution in [2.24, 2.45) is 11.3 Å². The summed E-state index contributed by atoms with van der Waals surface area (Å²) in [6.45, 7) is 13.1. The Morgan fingerprint density at radius 3 is 2.55 bits per heavy atom. The Hall–Kier alpha value is -1.90. The van der Waals surface area contributed by atoms with Gasteiger partial charge in [-0.2, -0.15) is 0 Å². The molecule has 0 saturated carbocycles. The van der Waals surface area contributed by atoms with Crippen LogP contribution in [0.2, 0.25) is 0 Å². The van der Waals surface area contributed by atoms with Gasteiger partial charge in [-0.3, -0.25) is 9.78 Å². The Bertz CT molecular complexity index is 949. The fraction of sp³-hybridized carbons (Fsp3) is 0.542. The monoisotopic (exact) mass is 537 g/mol. The molecule has 0 atom stereocenters. The molecule has 1 N–H and O–H groups in total. The van der Waals surface area contributed by atoms with E-state index in [1.807, 2.05) is 25.3 Å². The molecule has 3 heterocycles. The fourth-order valence-corrected chi connectivity index (χ4v) is 4.41. The van der Waals surface area contributed by atoms with Gasteiger partial charge in [0.25, 0.3) is 0 Å². The Labute approximate surface area is 198 Å². The van der Waals surface area contributed by atoms with E-state index in [0.29, 0.717) is 17.9 Å². The van der Waals surface area contributed by atoms with Crippen LogP contribution in [0.3, 0.4) is 0 Å². The number of piperidine rings is 1. The molecule has 1 aliphatic heterocycles. The Balaban J connectivity index is 2.05.